The number of methoxy groups -OCH3 is 2. The zero-order chi connectivity index (χ0) is 24.2. The van der Waals surface area contributed by atoms with Crippen molar-refractivity contribution in [3.05, 3.63) is 58.5 Å². The molecule has 0 radical (unpaired) electrons. The summed E-state index contributed by atoms with van der Waals surface area (Å²) in [4.78, 5) is 26.7. The summed E-state index contributed by atoms with van der Waals surface area (Å²) in [6.45, 7) is -0.00125. The van der Waals surface area contributed by atoms with Gasteiger partial charge in [-0.2, -0.15) is 13.2 Å². The number of halogens is 3. The molecule has 0 saturated carbocycles. The third kappa shape index (κ3) is 6.05. The number of anilines is 1. The minimum absolute atomic E-state index is 0.00125. The lowest BCUT2D eigenvalue weighted by Gasteiger charge is -2.14. The summed E-state index contributed by atoms with van der Waals surface area (Å²) >= 11 is 6.37. The highest BCUT2D eigenvalue weighted by Crippen LogP contribution is 2.35. The van der Waals surface area contributed by atoms with E-state index in [2.05, 4.69) is 5.32 Å². The fraction of sp³-hybridized carbons (Fsp3) is 0.227. The lowest BCUT2D eigenvalue weighted by atomic mass is 10.2. The van der Waals surface area contributed by atoms with Crippen LogP contribution in [-0.4, -0.2) is 41.8 Å². The second-order valence-electron chi connectivity index (χ2n) is 6.82. The van der Waals surface area contributed by atoms with E-state index in [1.807, 2.05) is 0 Å². The van der Waals surface area contributed by atoms with Gasteiger partial charge in [0.15, 0.2) is 11.5 Å². The van der Waals surface area contributed by atoms with Gasteiger partial charge in [-0.3, -0.25) is 14.5 Å². The number of thiocarbonyl (C=S) groups is 1. The molecule has 1 aliphatic rings. The number of thioether (sulfide) groups is 1. The van der Waals surface area contributed by atoms with Crippen LogP contribution in [0.1, 0.15) is 17.5 Å². The van der Waals surface area contributed by atoms with Gasteiger partial charge < -0.3 is 14.8 Å². The number of hydrogen-bond donors (Lipinski definition) is 1. The van der Waals surface area contributed by atoms with E-state index in [9.17, 15) is 22.8 Å². The third-order valence-corrected chi connectivity index (χ3v) is 5.99. The van der Waals surface area contributed by atoms with Crippen molar-refractivity contribution >= 4 is 51.9 Å². The molecule has 2 aromatic carbocycles. The SMILES string of the molecule is COc1ccc(/C=C2/SC(=S)N(CCC(=O)Nc3cccc(C(F)(F)F)c3)C2=O)cc1OC. The first-order valence-corrected chi connectivity index (χ1v) is 10.8. The predicted molar refractivity (Wildman–Crippen MR) is 124 cm³/mol. The normalized spacial score (nSPS) is 15.2. The predicted octanol–water partition coefficient (Wildman–Crippen LogP) is 4.95. The molecule has 2 aromatic rings. The Hall–Kier alpha value is -3.05. The standard InChI is InChI=1S/C22H19F3N2O4S2/c1-30-16-7-6-13(10-17(16)31-2)11-18-20(29)27(21(32)33-18)9-8-19(28)26-15-5-3-4-14(12-15)22(23,24)25/h3-7,10-12H,8-9H2,1-2H3,(H,26,28)/b18-11+. The van der Waals surface area contributed by atoms with E-state index in [-0.39, 0.29) is 24.6 Å². The van der Waals surface area contributed by atoms with Crippen LogP contribution in [0.25, 0.3) is 6.08 Å². The molecule has 174 valence electrons. The van der Waals surface area contributed by atoms with Gasteiger partial charge in [0.05, 0.1) is 24.7 Å². The van der Waals surface area contributed by atoms with Crippen LogP contribution in [0.5, 0.6) is 11.5 Å². The summed E-state index contributed by atoms with van der Waals surface area (Å²) in [6, 6.07) is 9.52. The minimum atomic E-state index is -4.51. The monoisotopic (exact) mass is 496 g/mol. The molecule has 1 fully saturated rings. The van der Waals surface area contributed by atoms with Crippen LogP contribution in [0.3, 0.4) is 0 Å². The molecule has 1 heterocycles. The Kier molecular flexibility index (Phi) is 7.65. The van der Waals surface area contributed by atoms with E-state index >= 15 is 0 Å². The van der Waals surface area contributed by atoms with Crippen molar-refractivity contribution in [2.24, 2.45) is 0 Å². The Morgan fingerprint density at radius 3 is 2.55 bits per heavy atom. The van der Waals surface area contributed by atoms with Crippen molar-refractivity contribution < 1.29 is 32.2 Å². The number of benzene rings is 2. The van der Waals surface area contributed by atoms with E-state index in [4.69, 9.17) is 21.7 Å². The maximum absolute atomic E-state index is 12.8. The summed E-state index contributed by atoms with van der Waals surface area (Å²) in [6.07, 6.45) is -2.99. The van der Waals surface area contributed by atoms with Crippen molar-refractivity contribution in [2.75, 3.05) is 26.1 Å². The number of carbonyl (C=O) groups is 2. The van der Waals surface area contributed by atoms with Crippen molar-refractivity contribution in [3.8, 4) is 11.5 Å². The Bertz CT molecular complexity index is 1120. The van der Waals surface area contributed by atoms with Crippen molar-refractivity contribution in [3.63, 3.8) is 0 Å². The third-order valence-electron chi connectivity index (χ3n) is 4.62. The highest BCUT2D eigenvalue weighted by atomic mass is 32.2. The molecule has 1 aliphatic heterocycles. The highest BCUT2D eigenvalue weighted by Gasteiger charge is 2.32. The number of nitrogens with one attached hydrogen (secondary N) is 1. The van der Waals surface area contributed by atoms with Gasteiger partial charge in [-0.05, 0) is 42.0 Å². The van der Waals surface area contributed by atoms with Gasteiger partial charge in [-0.1, -0.05) is 36.1 Å². The van der Waals surface area contributed by atoms with E-state index in [0.717, 1.165) is 23.9 Å². The second kappa shape index (κ2) is 10.3. The molecule has 3 rings (SSSR count). The second-order valence-corrected chi connectivity index (χ2v) is 8.50. The van der Waals surface area contributed by atoms with Crippen LogP contribution in [0, 0.1) is 0 Å². The van der Waals surface area contributed by atoms with Gasteiger partial charge in [0.2, 0.25) is 5.91 Å². The van der Waals surface area contributed by atoms with Crippen LogP contribution in [0.15, 0.2) is 47.4 Å². The summed E-state index contributed by atoms with van der Waals surface area (Å²) in [5.41, 5.74) is -0.137. The molecule has 11 heteroatoms. The summed E-state index contributed by atoms with van der Waals surface area (Å²) in [5, 5.41) is 2.42. The molecule has 0 aromatic heterocycles. The molecule has 1 N–H and O–H groups in total. The fourth-order valence-corrected chi connectivity index (χ4v) is 4.31. The molecule has 6 nitrogen and oxygen atoms in total. The quantitative estimate of drug-likeness (QED) is 0.432. The zero-order valence-corrected chi connectivity index (χ0v) is 19.2. The number of hydrogen-bond acceptors (Lipinski definition) is 6. The molecule has 1 saturated heterocycles. The molecule has 0 aliphatic carbocycles. The van der Waals surface area contributed by atoms with Crippen molar-refractivity contribution in [1.29, 1.82) is 0 Å². The van der Waals surface area contributed by atoms with Gasteiger partial charge in [0, 0.05) is 18.7 Å². The van der Waals surface area contributed by atoms with Crippen LogP contribution in [0.2, 0.25) is 0 Å². The first-order chi connectivity index (χ1) is 15.6. The average Bonchev–Trinajstić information content (AvgIpc) is 3.04. The number of ether oxygens (including phenoxy) is 2. The zero-order valence-electron chi connectivity index (χ0n) is 17.6. The van der Waals surface area contributed by atoms with Crippen LogP contribution in [-0.2, 0) is 15.8 Å². The lowest BCUT2D eigenvalue weighted by molar-refractivity contribution is -0.137. The van der Waals surface area contributed by atoms with E-state index in [1.165, 1.54) is 31.3 Å². The van der Waals surface area contributed by atoms with E-state index in [1.54, 1.807) is 24.3 Å². The summed E-state index contributed by atoms with van der Waals surface area (Å²) < 4.78 is 49.2. The Balaban J connectivity index is 1.63. The van der Waals surface area contributed by atoms with E-state index < -0.39 is 17.6 Å². The smallest absolute Gasteiger partial charge is 0.416 e. The number of amides is 2. The molecular formula is C22H19F3N2O4S2. The molecule has 2 amide bonds. The van der Waals surface area contributed by atoms with E-state index in [0.29, 0.717) is 26.3 Å². The van der Waals surface area contributed by atoms with Gasteiger partial charge in [-0.15, -0.1) is 0 Å². The van der Waals surface area contributed by atoms with Crippen molar-refractivity contribution in [1.82, 2.24) is 4.90 Å². The van der Waals surface area contributed by atoms with Gasteiger partial charge in [0.1, 0.15) is 4.32 Å². The molecular weight excluding hydrogens is 477 g/mol. The fourth-order valence-electron chi connectivity index (χ4n) is 3.00. The maximum Gasteiger partial charge on any atom is 0.416 e. The average molecular weight is 497 g/mol. The number of carbonyl (C=O) groups excluding carboxylic acids is 2. The van der Waals surface area contributed by atoms with Gasteiger partial charge in [-0.25, -0.2) is 0 Å². The highest BCUT2D eigenvalue weighted by molar-refractivity contribution is 8.26. The molecule has 0 bridgehead atoms. The summed E-state index contributed by atoms with van der Waals surface area (Å²) in [5.74, 6) is 0.167. The summed E-state index contributed by atoms with van der Waals surface area (Å²) in [7, 11) is 3.03. The van der Waals surface area contributed by atoms with Crippen LogP contribution >= 0.6 is 24.0 Å². The number of alkyl halides is 3. The first kappa shape index (κ1) is 24.6. The maximum atomic E-state index is 12.8. The largest absolute Gasteiger partial charge is 0.493 e. The van der Waals surface area contributed by atoms with Crippen LogP contribution in [0.4, 0.5) is 18.9 Å². The molecule has 0 unspecified atom stereocenters. The first-order valence-electron chi connectivity index (χ1n) is 9.57. The van der Waals surface area contributed by atoms with Gasteiger partial charge >= 0.3 is 6.18 Å². The number of rotatable bonds is 7. The Morgan fingerprint density at radius 1 is 1.15 bits per heavy atom. The lowest BCUT2D eigenvalue weighted by Crippen LogP contribution is -2.31. The van der Waals surface area contributed by atoms with Crippen molar-refractivity contribution in [2.45, 2.75) is 12.6 Å². The van der Waals surface area contributed by atoms with Gasteiger partial charge in [0.25, 0.3) is 5.91 Å². The minimum Gasteiger partial charge on any atom is -0.493 e. The Labute approximate surface area is 197 Å². The Morgan fingerprint density at radius 2 is 1.88 bits per heavy atom. The van der Waals surface area contributed by atoms with Crippen LogP contribution < -0.4 is 14.8 Å². The molecule has 0 spiro atoms. The molecule has 33 heavy (non-hydrogen) atoms. The number of nitrogens with zero attached hydrogens (tertiary/aromatic N) is 1. The topological polar surface area (TPSA) is 67.9 Å². The molecule has 0 atom stereocenters.